The SMILES string of the molecule is CC(=O)Nc1ccc(C(=O)c2cc3c(s2)CCC3)cc1. The van der Waals surface area contributed by atoms with Gasteiger partial charge in [-0.2, -0.15) is 0 Å². The van der Waals surface area contributed by atoms with E-state index in [4.69, 9.17) is 0 Å². The summed E-state index contributed by atoms with van der Waals surface area (Å²) in [5.41, 5.74) is 2.72. The van der Waals surface area contributed by atoms with Crippen molar-refractivity contribution in [2.45, 2.75) is 26.2 Å². The fourth-order valence-electron chi connectivity index (χ4n) is 2.49. The Morgan fingerprint density at radius 2 is 1.90 bits per heavy atom. The van der Waals surface area contributed by atoms with E-state index in [-0.39, 0.29) is 11.7 Å². The summed E-state index contributed by atoms with van der Waals surface area (Å²) in [4.78, 5) is 25.6. The van der Waals surface area contributed by atoms with E-state index in [0.29, 0.717) is 11.3 Å². The average molecular weight is 285 g/mol. The maximum absolute atomic E-state index is 12.4. The molecule has 0 radical (unpaired) electrons. The lowest BCUT2D eigenvalue weighted by Crippen LogP contribution is -2.06. The Balaban J connectivity index is 1.81. The number of thiophene rings is 1. The van der Waals surface area contributed by atoms with E-state index in [1.165, 1.54) is 23.8 Å². The fourth-order valence-corrected chi connectivity index (χ4v) is 3.71. The lowest BCUT2D eigenvalue weighted by atomic mass is 10.1. The first-order valence-corrected chi connectivity index (χ1v) is 7.49. The third-order valence-corrected chi connectivity index (χ3v) is 4.67. The molecule has 3 nitrogen and oxygen atoms in total. The van der Waals surface area contributed by atoms with Crippen molar-refractivity contribution in [3.05, 3.63) is 51.2 Å². The highest BCUT2D eigenvalue weighted by Crippen LogP contribution is 2.31. The molecule has 0 atom stereocenters. The predicted molar refractivity (Wildman–Crippen MR) is 80.5 cm³/mol. The van der Waals surface area contributed by atoms with Gasteiger partial charge in [-0.25, -0.2) is 0 Å². The molecule has 4 heteroatoms. The quantitative estimate of drug-likeness (QED) is 0.878. The molecular formula is C16H15NO2S. The molecule has 1 amide bonds. The van der Waals surface area contributed by atoms with Gasteiger partial charge in [-0.15, -0.1) is 11.3 Å². The Bertz CT molecular complexity index is 649. The minimum Gasteiger partial charge on any atom is -0.326 e. The monoisotopic (exact) mass is 285 g/mol. The van der Waals surface area contributed by atoms with Crippen molar-refractivity contribution in [1.29, 1.82) is 0 Å². The van der Waals surface area contributed by atoms with E-state index >= 15 is 0 Å². The second kappa shape index (κ2) is 5.21. The van der Waals surface area contributed by atoms with E-state index in [9.17, 15) is 9.59 Å². The zero-order valence-corrected chi connectivity index (χ0v) is 12.0. The van der Waals surface area contributed by atoms with Crippen LogP contribution in [0.1, 0.15) is 39.0 Å². The summed E-state index contributed by atoms with van der Waals surface area (Å²) in [6.45, 7) is 1.46. The largest absolute Gasteiger partial charge is 0.326 e. The van der Waals surface area contributed by atoms with Crippen molar-refractivity contribution >= 4 is 28.7 Å². The number of hydrogen-bond acceptors (Lipinski definition) is 3. The molecule has 1 heterocycles. The number of benzene rings is 1. The third kappa shape index (κ3) is 2.51. The topological polar surface area (TPSA) is 46.2 Å². The van der Waals surface area contributed by atoms with Gasteiger partial charge in [0.2, 0.25) is 11.7 Å². The van der Waals surface area contributed by atoms with Crippen molar-refractivity contribution in [3.8, 4) is 0 Å². The summed E-state index contributed by atoms with van der Waals surface area (Å²) < 4.78 is 0. The van der Waals surface area contributed by atoms with Gasteiger partial charge in [-0.1, -0.05) is 0 Å². The van der Waals surface area contributed by atoms with E-state index in [1.54, 1.807) is 35.6 Å². The predicted octanol–water partition coefficient (Wildman–Crippen LogP) is 3.43. The standard InChI is InChI=1S/C16H15NO2S/c1-10(18)17-13-7-5-11(6-8-13)16(19)15-9-12-3-2-4-14(12)20-15/h5-9H,2-4H2,1H3,(H,17,18). The fraction of sp³-hybridized carbons (Fsp3) is 0.250. The number of fused-ring (bicyclic) bond motifs is 1. The highest BCUT2D eigenvalue weighted by Gasteiger charge is 2.19. The summed E-state index contributed by atoms with van der Waals surface area (Å²) in [7, 11) is 0. The lowest BCUT2D eigenvalue weighted by molar-refractivity contribution is -0.114. The summed E-state index contributed by atoms with van der Waals surface area (Å²) in [6.07, 6.45) is 3.41. The van der Waals surface area contributed by atoms with Crippen LogP contribution in [0.4, 0.5) is 5.69 Å². The Hall–Kier alpha value is -1.94. The summed E-state index contributed by atoms with van der Waals surface area (Å²) in [6, 6.07) is 9.08. The Labute approximate surface area is 121 Å². The molecule has 102 valence electrons. The molecule has 0 spiro atoms. The minimum atomic E-state index is -0.112. The number of ketones is 1. The number of carbonyl (C=O) groups excluding carboxylic acids is 2. The minimum absolute atomic E-state index is 0.0683. The summed E-state index contributed by atoms with van der Waals surface area (Å²) >= 11 is 1.62. The van der Waals surface area contributed by atoms with Crippen LogP contribution in [0.5, 0.6) is 0 Å². The second-order valence-corrected chi connectivity index (χ2v) is 6.14. The van der Waals surface area contributed by atoms with Crippen LogP contribution in [0.3, 0.4) is 0 Å². The van der Waals surface area contributed by atoms with Gasteiger partial charge in [0.15, 0.2) is 0 Å². The van der Waals surface area contributed by atoms with Gasteiger partial charge < -0.3 is 5.32 Å². The zero-order valence-electron chi connectivity index (χ0n) is 11.2. The first kappa shape index (κ1) is 13.1. The van der Waals surface area contributed by atoms with Gasteiger partial charge in [0.05, 0.1) is 4.88 Å². The number of anilines is 1. The highest BCUT2D eigenvalue weighted by molar-refractivity contribution is 7.14. The molecule has 1 N–H and O–H groups in total. The van der Waals surface area contributed by atoms with Crippen molar-refractivity contribution < 1.29 is 9.59 Å². The van der Waals surface area contributed by atoms with Crippen LogP contribution < -0.4 is 5.32 Å². The zero-order chi connectivity index (χ0) is 14.1. The maximum atomic E-state index is 12.4. The number of nitrogens with one attached hydrogen (secondary N) is 1. The van der Waals surface area contributed by atoms with Gasteiger partial charge in [-0.05, 0) is 55.2 Å². The molecule has 0 bridgehead atoms. The van der Waals surface area contributed by atoms with Crippen LogP contribution in [0, 0.1) is 0 Å². The molecule has 1 aromatic carbocycles. The number of hydrogen-bond donors (Lipinski definition) is 1. The number of carbonyl (C=O) groups is 2. The number of rotatable bonds is 3. The van der Waals surface area contributed by atoms with Crippen LogP contribution >= 0.6 is 11.3 Å². The van der Waals surface area contributed by atoms with E-state index in [2.05, 4.69) is 5.32 Å². The van der Waals surface area contributed by atoms with Crippen molar-refractivity contribution in [2.24, 2.45) is 0 Å². The van der Waals surface area contributed by atoms with Gasteiger partial charge in [-0.3, -0.25) is 9.59 Å². The van der Waals surface area contributed by atoms with Gasteiger partial charge in [0.1, 0.15) is 0 Å². The highest BCUT2D eigenvalue weighted by atomic mass is 32.1. The molecule has 0 saturated carbocycles. The van der Waals surface area contributed by atoms with Crippen LogP contribution in [-0.2, 0) is 17.6 Å². The molecule has 2 aromatic rings. The molecule has 3 rings (SSSR count). The first-order chi connectivity index (χ1) is 9.63. The summed E-state index contributed by atoms with van der Waals surface area (Å²) in [5, 5.41) is 2.69. The molecule has 20 heavy (non-hydrogen) atoms. The molecule has 0 unspecified atom stereocenters. The Morgan fingerprint density at radius 3 is 2.55 bits per heavy atom. The van der Waals surface area contributed by atoms with Crippen molar-refractivity contribution in [1.82, 2.24) is 0 Å². The molecule has 0 aliphatic heterocycles. The smallest absolute Gasteiger partial charge is 0.221 e. The van der Waals surface area contributed by atoms with E-state index in [1.807, 2.05) is 6.07 Å². The van der Waals surface area contributed by atoms with Gasteiger partial charge >= 0.3 is 0 Å². The van der Waals surface area contributed by atoms with Crippen molar-refractivity contribution in [2.75, 3.05) is 5.32 Å². The third-order valence-electron chi connectivity index (χ3n) is 3.44. The number of amides is 1. The molecule has 0 fully saturated rings. The molecule has 1 aromatic heterocycles. The van der Waals surface area contributed by atoms with Gasteiger partial charge in [0.25, 0.3) is 0 Å². The molecule has 0 saturated heterocycles. The molecule has 1 aliphatic rings. The normalized spacial score (nSPS) is 13.1. The molecular weight excluding hydrogens is 270 g/mol. The summed E-state index contributed by atoms with van der Waals surface area (Å²) in [5.74, 6) is -0.0440. The van der Waals surface area contributed by atoms with Crippen LogP contribution in [0.2, 0.25) is 0 Å². The maximum Gasteiger partial charge on any atom is 0.221 e. The average Bonchev–Trinajstić information content (AvgIpc) is 2.98. The lowest BCUT2D eigenvalue weighted by Gasteiger charge is -2.03. The van der Waals surface area contributed by atoms with E-state index in [0.717, 1.165) is 17.7 Å². The van der Waals surface area contributed by atoms with E-state index < -0.39 is 0 Å². The first-order valence-electron chi connectivity index (χ1n) is 6.67. The Morgan fingerprint density at radius 1 is 1.15 bits per heavy atom. The second-order valence-electron chi connectivity index (χ2n) is 5.00. The van der Waals surface area contributed by atoms with Crippen molar-refractivity contribution in [3.63, 3.8) is 0 Å². The van der Waals surface area contributed by atoms with Crippen LogP contribution in [0.25, 0.3) is 0 Å². The Kier molecular flexibility index (Phi) is 3.40. The number of aryl methyl sites for hydroxylation is 2. The van der Waals surface area contributed by atoms with Crippen LogP contribution in [-0.4, -0.2) is 11.7 Å². The van der Waals surface area contributed by atoms with Gasteiger partial charge in [0, 0.05) is 23.1 Å². The van der Waals surface area contributed by atoms with Crippen LogP contribution in [0.15, 0.2) is 30.3 Å². The molecule has 1 aliphatic carbocycles.